The Balaban J connectivity index is 3.61. The van der Waals surface area contributed by atoms with Crippen molar-refractivity contribution in [3.8, 4) is 0 Å². The maximum absolute atomic E-state index is 5.48. The van der Waals surface area contributed by atoms with Gasteiger partial charge in [-0.25, -0.2) is 0 Å². The van der Waals surface area contributed by atoms with E-state index in [1.807, 2.05) is 20.8 Å². The van der Waals surface area contributed by atoms with Gasteiger partial charge in [-0.3, -0.25) is 0 Å². The average Bonchev–Trinajstić information content (AvgIpc) is 1.79. The second-order valence-electron chi connectivity index (χ2n) is 4.41. The van der Waals surface area contributed by atoms with Crippen LogP contribution < -0.4 is 5.32 Å². The minimum atomic E-state index is -0.152. The first-order valence-electron chi connectivity index (χ1n) is 4.43. The number of ether oxygens (including phenoxy) is 1. The predicted molar refractivity (Wildman–Crippen MR) is 52.8 cm³/mol. The van der Waals surface area contributed by atoms with Crippen LogP contribution in [0.25, 0.3) is 0 Å². The largest absolute Gasteiger partial charge is 0.474 e. The molecule has 0 bridgehead atoms. The molecular weight excluding hydrogens is 150 g/mol. The van der Waals surface area contributed by atoms with Crippen molar-refractivity contribution in [3.63, 3.8) is 0 Å². The Morgan fingerprint density at radius 2 is 1.92 bits per heavy atom. The Labute approximate surface area is 76.0 Å². The Hall–Kier alpha value is -0.660. The van der Waals surface area contributed by atoms with Gasteiger partial charge >= 0.3 is 0 Å². The first-order valence-corrected chi connectivity index (χ1v) is 4.43. The molecule has 0 heterocycles. The highest BCUT2D eigenvalue weighted by Crippen LogP contribution is 2.10. The van der Waals surface area contributed by atoms with E-state index in [0.29, 0.717) is 11.8 Å². The SMILES string of the molecule is C=C(NCC(C)C)OC(C)(C)C. The van der Waals surface area contributed by atoms with Gasteiger partial charge in [0.1, 0.15) is 5.60 Å². The first-order chi connectivity index (χ1) is 5.31. The van der Waals surface area contributed by atoms with Crippen molar-refractivity contribution in [2.75, 3.05) is 6.54 Å². The molecule has 0 aliphatic carbocycles. The normalized spacial score (nSPS) is 11.5. The zero-order valence-corrected chi connectivity index (χ0v) is 8.90. The molecule has 2 nitrogen and oxygen atoms in total. The van der Waals surface area contributed by atoms with Crippen LogP contribution in [0, 0.1) is 5.92 Å². The lowest BCUT2D eigenvalue weighted by Gasteiger charge is -2.23. The zero-order valence-electron chi connectivity index (χ0n) is 8.90. The van der Waals surface area contributed by atoms with Crippen LogP contribution in [0.15, 0.2) is 12.5 Å². The third kappa shape index (κ3) is 7.45. The topological polar surface area (TPSA) is 21.3 Å². The highest BCUT2D eigenvalue weighted by Gasteiger charge is 2.11. The molecule has 0 saturated carbocycles. The van der Waals surface area contributed by atoms with E-state index in [9.17, 15) is 0 Å². The summed E-state index contributed by atoms with van der Waals surface area (Å²) in [5, 5.41) is 3.12. The van der Waals surface area contributed by atoms with E-state index in [2.05, 4.69) is 25.7 Å². The van der Waals surface area contributed by atoms with Crippen LogP contribution in [0.1, 0.15) is 34.6 Å². The molecule has 12 heavy (non-hydrogen) atoms. The Kier molecular flexibility index (Phi) is 4.15. The molecule has 0 aromatic carbocycles. The summed E-state index contributed by atoms with van der Waals surface area (Å²) >= 11 is 0. The molecule has 2 heteroatoms. The van der Waals surface area contributed by atoms with E-state index >= 15 is 0 Å². The van der Waals surface area contributed by atoms with Gasteiger partial charge in [-0.15, -0.1) is 0 Å². The van der Waals surface area contributed by atoms with Crippen LogP contribution in [0.4, 0.5) is 0 Å². The van der Waals surface area contributed by atoms with Gasteiger partial charge in [0.25, 0.3) is 0 Å². The summed E-state index contributed by atoms with van der Waals surface area (Å²) in [7, 11) is 0. The van der Waals surface area contributed by atoms with Crippen molar-refractivity contribution in [2.24, 2.45) is 5.92 Å². The minimum Gasteiger partial charge on any atom is -0.474 e. The standard InChI is InChI=1S/C10H21NO/c1-8(2)7-11-9(3)12-10(4,5)6/h8,11H,3,7H2,1-2,4-6H3. The van der Waals surface area contributed by atoms with Gasteiger partial charge in [-0.05, 0) is 33.3 Å². The molecule has 0 amide bonds. The van der Waals surface area contributed by atoms with Gasteiger partial charge in [0.15, 0.2) is 5.88 Å². The molecule has 0 fully saturated rings. The van der Waals surface area contributed by atoms with Crippen molar-refractivity contribution in [1.82, 2.24) is 5.32 Å². The number of rotatable bonds is 4. The fraction of sp³-hybridized carbons (Fsp3) is 0.800. The molecule has 0 radical (unpaired) electrons. The molecule has 0 spiro atoms. The fourth-order valence-electron chi connectivity index (χ4n) is 0.724. The maximum Gasteiger partial charge on any atom is 0.179 e. The van der Waals surface area contributed by atoms with E-state index in [4.69, 9.17) is 4.74 Å². The molecule has 72 valence electrons. The number of nitrogens with one attached hydrogen (secondary N) is 1. The Bertz CT molecular complexity index is 144. The van der Waals surface area contributed by atoms with Gasteiger partial charge in [0.05, 0.1) is 0 Å². The van der Waals surface area contributed by atoms with E-state index in [-0.39, 0.29) is 5.60 Å². The van der Waals surface area contributed by atoms with Crippen LogP contribution >= 0.6 is 0 Å². The predicted octanol–water partition coefficient (Wildman–Crippen LogP) is 2.52. The van der Waals surface area contributed by atoms with Crippen molar-refractivity contribution in [1.29, 1.82) is 0 Å². The average molecular weight is 171 g/mol. The van der Waals surface area contributed by atoms with E-state index < -0.39 is 0 Å². The van der Waals surface area contributed by atoms with E-state index in [0.717, 1.165) is 6.54 Å². The zero-order chi connectivity index (χ0) is 9.78. The molecular formula is C10H21NO. The Morgan fingerprint density at radius 1 is 1.42 bits per heavy atom. The Morgan fingerprint density at radius 3 is 2.25 bits per heavy atom. The van der Waals surface area contributed by atoms with Crippen molar-refractivity contribution in [3.05, 3.63) is 12.5 Å². The third-order valence-electron chi connectivity index (χ3n) is 1.14. The molecule has 0 unspecified atom stereocenters. The van der Waals surface area contributed by atoms with Gasteiger partial charge < -0.3 is 10.1 Å². The van der Waals surface area contributed by atoms with Crippen molar-refractivity contribution in [2.45, 2.75) is 40.2 Å². The lowest BCUT2D eigenvalue weighted by atomic mass is 10.2. The van der Waals surface area contributed by atoms with Crippen LogP contribution in [0.2, 0.25) is 0 Å². The summed E-state index contributed by atoms with van der Waals surface area (Å²) in [6, 6.07) is 0. The highest BCUT2D eigenvalue weighted by molar-refractivity contribution is 4.82. The van der Waals surface area contributed by atoms with E-state index in [1.165, 1.54) is 0 Å². The quantitative estimate of drug-likeness (QED) is 0.656. The summed E-state index contributed by atoms with van der Waals surface area (Å²) in [5.74, 6) is 1.28. The molecule has 0 aliphatic heterocycles. The van der Waals surface area contributed by atoms with Crippen molar-refractivity contribution < 1.29 is 4.74 Å². The van der Waals surface area contributed by atoms with Gasteiger partial charge in [-0.2, -0.15) is 0 Å². The molecule has 0 aromatic heterocycles. The lowest BCUT2D eigenvalue weighted by molar-refractivity contribution is 0.0408. The molecule has 0 aromatic rings. The number of hydrogen-bond donors (Lipinski definition) is 1. The number of hydrogen-bond acceptors (Lipinski definition) is 2. The summed E-state index contributed by atoms with van der Waals surface area (Å²) in [5.41, 5.74) is -0.152. The summed E-state index contributed by atoms with van der Waals surface area (Å²) in [6.45, 7) is 15.0. The third-order valence-corrected chi connectivity index (χ3v) is 1.14. The lowest BCUT2D eigenvalue weighted by Crippen LogP contribution is -2.27. The fourth-order valence-corrected chi connectivity index (χ4v) is 0.724. The molecule has 1 N–H and O–H groups in total. The maximum atomic E-state index is 5.48. The van der Waals surface area contributed by atoms with Crippen LogP contribution in [-0.2, 0) is 4.74 Å². The van der Waals surface area contributed by atoms with Crippen LogP contribution in [0.3, 0.4) is 0 Å². The first kappa shape index (κ1) is 11.3. The molecule has 0 saturated heterocycles. The van der Waals surface area contributed by atoms with Gasteiger partial charge in [0.2, 0.25) is 0 Å². The highest BCUT2D eigenvalue weighted by atomic mass is 16.5. The second kappa shape index (κ2) is 4.39. The van der Waals surface area contributed by atoms with E-state index in [1.54, 1.807) is 0 Å². The smallest absolute Gasteiger partial charge is 0.179 e. The summed E-state index contributed by atoms with van der Waals surface area (Å²) in [4.78, 5) is 0. The second-order valence-corrected chi connectivity index (χ2v) is 4.41. The van der Waals surface area contributed by atoms with Gasteiger partial charge in [0, 0.05) is 6.54 Å². The minimum absolute atomic E-state index is 0.152. The van der Waals surface area contributed by atoms with Crippen molar-refractivity contribution >= 4 is 0 Å². The monoisotopic (exact) mass is 171 g/mol. The van der Waals surface area contributed by atoms with Crippen LogP contribution in [0.5, 0.6) is 0 Å². The molecule has 0 aliphatic rings. The van der Waals surface area contributed by atoms with Gasteiger partial charge in [-0.1, -0.05) is 13.8 Å². The molecule has 0 rings (SSSR count). The summed E-state index contributed by atoms with van der Waals surface area (Å²) < 4.78 is 5.48. The summed E-state index contributed by atoms with van der Waals surface area (Å²) in [6.07, 6.45) is 0. The molecule has 0 atom stereocenters. The van der Waals surface area contributed by atoms with Crippen LogP contribution in [-0.4, -0.2) is 12.1 Å².